The van der Waals surface area contributed by atoms with Crippen molar-refractivity contribution in [1.29, 1.82) is 0 Å². The molecule has 0 spiro atoms. The van der Waals surface area contributed by atoms with Gasteiger partial charge in [0.05, 0.1) is 0 Å². The van der Waals surface area contributed by atoms with Crippen LogP contribution in [-0.4, -0.2) is 43.5 Å². The Balaban J connectivity index is 1.85. The third-order valence-electron chi connectivity index (χ3n) is 4.09. The number of amides is 1. The molecule has 1 aromatic heterocycles. The van der Waals surface area contributed by atoms with Gasteiger partial charge in [-0.25, -0.2) is 0 Å². The summed E-state index contributed by atoms with van der Waals surface area (Å²) in [6, 6.07) is 4.74. The third kappa shape index (κ3) is 2.68. The third-order valence-corrected chi connectivity index (χ3v) is 5.04. The molecule has 1 aromatic rings. The number of rotatable bonds is 4. The number of likely N-dealkylation sites (N-methyl/N-ethyl adjacent to an activating group) is 1. The number of hydrogen-bond acceptors (Lipinski definition) is 4. The van der Waals surface area contributed by atoms with Gasteiger partial charge in [0, 0.05) is 37.6 Å². The Kier molecular flexibility index (Phi) is 3.86. The fourth-order valence-corrected chi connectivity index (χ4v) is 3.94. The molecule has 1 saturated heterocycles. The molecule has 1 aliphatic heterocycles. The van der Waals surface area contributed by atoms with Gasteiger partial charge in [0.15, 0.2) is 0 Å². The first-order valence-electron chi connectivity index (χ1n) is 7.02. The van der Waals surface area contributed by atoms with Gasteiger partial charge >= 0.3 is 0 Å². The number of piperazine rings is 1. The number of carbonyl (C=O) groups is 1. The minimum atomic E-state index is -0.0357. The Labute approximate surface area is 118 Å². The maximum Gasteiger partial charge on any atom is 0.238 e. The molecule has 0 radical (unpaired) electrons. The number of hydrogen-bond donors (Lipinski definition) is 2. The summed E-state index contributed by atoms with van der Waals surface area (Å²) < 4.78 is 0. The highest BCUT2D eigenvalue weighted by Gasteiger charge is 2.42. The van der Waals surface area contributed by atoms with Crippen molar-refractivity contribution in [2.24, 2.45) is 5.92 Å². The summed E-state index contributed by atoms with van der Waals surface area (Å²) >= 11 is 1.82. The number of thiophene rings is 1. The molecule has 19 heavy (non-hydrogen) atoms. The first kappa shape index (κ1) is 13.1. The van der Waals surface area contributed by atoms with E-state index in [1.54, 1.807) is 7.05 Å². The second-order valence-electron chi connectivity index (χ2n) is 5.37. The van der Waals surface area contributed by atoms with Crippen LogP contribution >= 0.6 is 11.3 Å². The predicted molar refractivity (Wildman–Crippen MR) is 77.2 cm³/mol. The monoisotopic (exact) mass is 279 g/mol. The molecular weight excluding hydrogens is 258 g/mol. The molecule has 2 heterocycles. The predicted octanol–water partition coefficient (Wildman–Crippen LogP) is 1.22. The summed E-state index contributed by atoms with van der Waals surface area (Å²) in [5, 5.41) is 8.29. The van der Waals surface area contributed by atoms with Crippen LogP contribution in [0.15, 0.2) is 17.5 Å². The van der Waals surface area contributed by atoms with E-state index in [0.29, 0.717) is 6.04 Å². The van der Waals surface area contributed by atoms with Gasteiger partial charge in [0.1, 0.15) is 6.04 Å². The second kappa shape index (κ2) is 5.61. The van der Waals surface area contributed by atoms with E-state index in [2.05, 4.69) is 33.0 Å². The van der Waals surface area contributed by atoms with Gasteiger partial charge in [0.2, 0.25) is 5.91 Å². The highest BCUT2D eigenvalue weighted by atomic mass is 32.1. The Hall–Kier alpha value is -0.910. The summed E-state index contributed by atoms with van der Waals surface area (Å²) in [5.41, 5.74) is 0. The van der Waals surface area contributed by atoms with Crippen molar-refractivity contribution in [2.45, 2.75) is 24.9 Å². The Morgan fingerprint density at radius 2 is 2.42 bits per heavy atom. The minimum absolute atomic E-state index is 0.0357. The molecule has 1 aliphatic carbocycles. The molecule has 2 fully saturated rings. The van der Waals surface area contributed by atoms with Gasteiger partial charge in [-0.3, -0.25) is 9.69 Å². The lowest BCUT2D eigenvalue weighted by Gasteiger charge is -2.40. The topological polar surface area (TPSA) is 44.4 Å². The van der Waals surface area contributed by atoms with Crippen LogP contribution in [0, 0.1) is 5.92 Å². The van der Waals surface area contributed by atoms with Crippen molar-refractivity contribution in [3.05, 3.63) is 22.4 Å². The summed E-state index contributed by atoms with van der Waals surface area (Å²) in [5.74, 6) is 0.873. The van der Waals surface area contributed by atoms with E-state index >= 15 is 0 Å². The Morgan fingerprint density at radius 1 is 1.58 bits per heavy atom. The fourth-order valence-electron chi connectivity index (χ4n) is 3.00. The van der Waals surface area contributed by atoms with Gasteiger partial charge < -0.3 is 10.6 Å². The molecule has 2 atom stereocenters. The molecular formula is C14H21N3OS. The largest absolute Gasteiger partial charge is 0.358 e. The molecule has 104 valence electrons. The fraction of sp³-hybridized carbons (Fsp3) is 0.643. The molecule has 1 amide bonds. The van der Waals surface area contributed by atoms with E-state index in [4.69, 9.17) is 0 Å². The molecule has 2 N–H and O–H groups in total. The molecule has 0 bridgehead atoms. The SMILES string of the molecule is CNC(=O)C1CNCCN1C(c1cccs1)C1CC1. The lowest BCUT2D eigenvalue weighted by Crippen LogP contribution is -2.58. The average Bonchev–Trinajstić information content (AvgIpc) is 3.13. The van der Waals surface area contributed by atoms with Crippen molar-refractivity contribution >= 4 is 17.2 Å². The summed E-state index contributed by atoms with van der Waals surface area (Å²) in [4.78, 5) is 15.9. The van der Waals surface area contributed by atoms with Crippen LogP contribution in [0.2, 0.25) is 0 Å². The van der Waals surface area contributed by atoms with E-state index in [0.717, 1.165) is 25.6 Å². The molecule has 1 saturated carbocycles. The van der Waals surface area contributed by atoms with Crippen molar-refractivity contribution in [1.82, 2.24) is 15.5 Å². The highest BCUT2D eigenvalue weighted by Crippen LogP contribution is 2.46. The van der Waals surface area contributed by atoms with E-state index in [9.17, 15) is 4.79 Å². The first-order valence-corrected chi connectivity index (χ1v) is 7.90. The number of nitrogens with one attached hydrogen (secondary N) is 2. The first-order chi connectivity index (χ1) is 9.31. The van der Waals surface area contributed by atoms with Crippen LogP contribution in [0.25, 0.3) is 0 Å². The molecule has 4 nitrogen and oxygen atoms in total. The van der Waals surface area contributed by atoms with Crippen molar-refractivity contribution < 1.29 is 4.79 Å². The van der Waals surface area contributed by atoms with E-state index < -0.39 is 0 Å². The maximum absolute atomic E-state index is 12.1. The lowest BCUT2D eigenvalue weighted by atomic mass is 10.0. The minimum Gasteiger partial charge on any atom is -0.358 e. The zero-order valence-electron chi connectivity index (χ0n) is 11.3. The average molecular weight is 279 g/mol. The van der Waals surface area contributed by atoms with Crippen LogP contribution in [0.4, 0.5) is 0 Å². The van der Waals surface area contributed by atoms with Crippen LogP contribution in [0.3, 0.4) is 0 Å². The summed E-state index contributed by atoms with van der Waals surface area (Å²) in [6.07, 6.45) is 2.60. The molecule has 2 aliphatic rings. The smallest absolute Gasteiger partial charge is 0.238 e. The van der Waals surface area contributed by atoms with Crippen molar-refractivity contribution in [3.63, 3.8) is 0 Å². The summed E-state index contributed by atoms with van der Waals surface area (Å²) in [7, 11) is 1.73. The van der Waals surface area contributed by atoms with Gasteiger partial charge in [-0.1, -0.05) is 6.07 Å². The van der Waals surface area contributed by atoms with Crippen LogP contribution < -0.4 is 10.6 Å². The standard InChI is InChI=1S/C14H21N3OS/c1-15-14(18)11-9-16-6-7-17(11)13(10-4-5-10)12-3-2-8-19-12/h2-3,8,10-11,13,16H,4-7,9H2,1H3,(H,15,18). The normalized spacial score (nSPS) is 26.1. The van der Waals surface area contributed by atoms with Crippen molar-refractivity contribution in [2.75, 3.05) is 26.7 Å². The summed E-state index contributed by atoms with van der Waals surface area (Å²) in [6.45, 7) is 2.69. The van der Waals surface area contributed by atoms with Gasteiger partial charge in [-0.15, -0.1) is 11.3 Å². The second-order valence-corrected chi connectivity index (χ2v) is 6.35. The molecule has 2 unspecified atom stereocenters. The highest BCUT2D eigenvalue weighted by molar-refractivity contribution is 7.10. The number of carbonyl (C=O) groups excluding carboxylic acids is 1. The zero-order valence-corrected chi connectivity index (χ0v) is 12.1. The zero-order chi connectivity index (χ0) is 13.2. The van der Waals surface area contributed by atoms with E-state index in [-0.39, 0.29) is 11.9 Å². The Bertz CT molecular complexity index is 430. The molecule has 0 aromatic carbocycles. The molecule has 3 rings (SSSR count). The van der Waals surface area contributed by atoms with Gasteiger partial charge in [-0.2, -0.15) is 0 Å². The van der Waals surface area contributed by atoms with Crippen LogP contribution in [0.1, 0.15) is 23.8 Å². The van der Waals surface area contributed by atoms with Crippen LogP contribution in [0.5, 0.6) is 0 Å². The van der Waals surface area contributed by atoms with Gasteiger partial charge in [-0.05, 0) is 30.2 Å². The van der Waals surface area contributed by atoms with Gasteiger partial charge in [0.25, 0.3) is 0 Å². The maximum atomic E-state index is 12.1. The quantitative estimate of drug-likeness (QED) is 0.871. The molecule has 5 heteroatoms. The number of nitrogens with zero attached hydrogens (tertiary/aromatic N) is 1. The van der Waals surface area contributed by atoms with Crippen molar-refractivity contribution in [3.8, 4) is 0 Å². The van der Waals surface area contributed by atoms with Crippen LogP contribution in [-0.2, 0) is 4.79 Å². The Morgan fingerprint density at radius 3 is 3.05 bits per heavy atom. The lowest BCUT2D eigenvalue weighted by molar-refractivity contribution is -0.127. The van der Waals surface area contributed by atoms with E-state index in [1.165, 1.54) is 17.7 Å². The van der Waals surface area contributed by atoms with E-state index in [1.807, 2.05) is 11.3 Å².